The van der Waals surface area contributed by atoms with Crippen molar-refractivity contribution in [3.63, 3.8) is 0 Å². The maximum Gasteiger partial charge on any atom is 0.259 e. The molecule has 126 valence electrons. The highest BCUT2D eigenvalue weighted by molar-refractivity contribution is 6.06. The lowest BCUT2D eigenvalue weighted by Gasteiger charge is -2.10. The van der Waals surface area contributed by atoms with Crippen molar-refractivity contribution in [3.05, 3.63) is 59.9 Å². The number of hydrogen-bond donors (Lipinski definition) is 1. The highest BCUT2D eigenvalue weighted by Gasteiger charge is 2.31. The molecule has 0 radical (unpaired) electrons. The molecule has 2 aromatic carbocycles. The van der Waals surface area contributed by atoms with Gasteiger partial charge in [0.15, 0.2) is 0 Å². The number of rotatable bonds is 3. The van der Waals surface area contributed by atoms with Crippen molar-refractivity contribution in [1.82, 2.24) is 20.2 Å². The minimum absolute atomic E-state index is 0.0690. The van der Waals surface area contributed by atoms with E-state index in [1.54, 1.807) is 10.7 Å². The molecule has 0 saturated heterocycles. The molecule has 0 fully saturated rings. The van der Waals surface area contributed by atoms with Gasteiger partial charge in [0, 0.05) is 17.2 Å². The van der Waals surface area contributed by atoms with Gasteiger partial charge in [0.1, 0.15) is 18.2 Å². The maximum absolute atomic E-state index is 12.7. The number of fused-ring (bicyclic) bond motifs is 1. The lowest BCUT2D eigenvalue weighted by molar-refractivity contribution is 0.102. The summed E-state index contributed by atoms with van der Waals surface area (Å²) in [6, 6.07) is 13.0. The van der Waals surface area contributed by atoms with Gasteiger partial charge in [-0.15, -0.1) is 5.10 Å². The molecule has 1 aromatic heterocycles. The van der Waals surface area contributed by atoms with Crippen LogP contribution in [0.1, 0.15) is 35.7 Å². The van der Waals surface area contributed by atoms with E-state index >= 15 is 0 Å². The summed E-state index contributed by atoms with van der Waals surface area (Å²) in [5.74, 6) is 0.775. The predicted molar refractivity (Wildman–Crippen MR) is 92.1 cm³/mol. The Morgan fingerprint density at radius 3 is 2.68 bits per heavy atom. The van der Waals surface area contributed by atoms with E-state index in [1.807, 2.05) is 43.3 Å². The SMILES string of the molecule is C[C@H]1Oc2c(C(=O)Nc3ccc(-n4cnnn4)cc3)cccc2[C@@H]1C. The lowest BCUT2D eigenvalue weighted by atomic mass is 9.97. The number of benzene rings is 2. The van der Waals surface area contributed by atoms with E-state index in [2.05, 4.69) is 27.8 Å². The van der Waals surface area contributed by atoms with Crippen LogP contribution in [0.15, 0.2) is 48.8 Å². The molecule has 7 nitrogen and oxygen atoms in total. The molecular weight excluding hydrogens is 318 g/mol. The Kier molecular flexibility index (Phi) is 3.68. The molecular formula is C18H17N5O2. The van der Waals surface area contributed by atoms with Crippen molar-refractivity contribution in [1.29, 1.82) is 0 Å². The third-order valence-corrected chi connectivity index (χ3v) is 4.53. The van der Waals surface area contributed by atoms with Crippen LogP contribution in [0.25, 0.3) is 5.69 Å². The zero-order chi connectivity index (χ0) is 17.4. The van der Waals surface area contributed by atoms with Gasteiger partial charge in [-0.3, -0.25) is 4.79 Å². The van der Waals surface area contributed by atoms with Gasteiger partial charge in [0.2, 0.25) is 0 Å². The Labute approximate surface area is 144 Å². The van der Waals surface area contributed by atoms with Gasteiger partial charge in [-0.2, -0.15) is 0 Å². The number of amides is 1. The fraction of sp³-hybridized carbons (Fsp3) is 0.222. The van der Waals surface area contributed by atoms with Gasteiger partial charge >= 0.3 is 0 Å². The van der Waals surface area contributed by atoms with Crippen molar-refractivity contribution in [2.45, 2.75) is 25.9 Å². The van der Waals surface area contributed by atoms with E-state index in [4.69, 9.17) is 4.74 Å². The van der Waals surface area contributed by atoms with Crippen molar-refractivity contribution < 1.29 is 9.53 Å². The Balaban J connectivity index is 1.55. The van der Waals surface area contributed by atoms with E-state index in [1.165, 1.54) is 6.33 Å². The molecule has 1 amide bonds. The minimum atomic E-state index is -0.187. The molecule has 0 bridgehead atoms. The second-order valence-electron chi connectivity index (χ2n) is 6.09. The number of nitrogens with one attached hydrogen (secondary N) is 1. The molecule has 4 rings (SSSR count). The summed E-state index contributed by atoms with van der Waals surface area (Å²) in [4.78, 5) is 12.7. The van der Waals surface area contributed by atoms with Gasteiger partial charge in [0.25, 0.3) is 5.91 Å². The Bertz CT molecular complexity index is 906. The summed E-state index contributed by atoms with van der Waals surface area (Å²) in [6.45, 7) is 4.12. The largest absolute Gasteiger partial charge is 0.489 e. The summed E-state index contributed by atoms with van der Waals surface area (Å²) < 4.78 is 7.44. The number of carbonyl (C=O) groups excluding carboxylic acids is 1. The highest BCUT2D eigenvalue weighted by atomic mass is 16.5. The number of hydrogen-bond acceptors (Lipinski definition) is 5. The van der Waals surface area contributed by atoms with Crippen molar-refractivity contribution in [3.8, 4) is 11.4 Å². The lowest BCUT2D eigenvalue weighted by Crippen LogP contribution is -2.14. The van der Waals surface area contributed by atoms with Crippen LogP contribution in [0.5, 0.6) is 5.75 Å². The van der Waals surface area contributed by atoms with Crippen LogP contribution in [-0.2, 0) is 0 Å². The first-order valence-electron chi connectivity index (χ1n) is 8.08. The second kappa shape index (κ2) is 6.01. The number of tetrazole rings is 1. The number of nitrogens with zero attached hydrogens (tertiary/aromatic N) is 4. The van der Waals surface area contributed by atoms with E-state index in [0.717, 1.165) is 11.3 Å². The van der Waals surface area contributed by atoms with Crippen LogP contribution < -0.4 is 10.1 Å². The molecule has 25 heavy (non-hydrogen) atoms. The maximum atomic E-state index is 12.7. The minimum Gasteiger partial charge on any atom is -0.489 e. The number of carbonyl (C=O) groups is 1. The zero-order valence-corrected chi connectivity index (χ0v) is 13.9. The fourth-order valence-electron chi connectivity index (χ4n) is 2.94. The first-order chi connectivity index (χ1) is 12.1. The number of aromatic nitrogens is 4. The standard InChI is InChI=1S/C18H17N5O2/c1-11-12(2)25-17-15(11)4-3-5-16(17)18(24)20-13-6-8-14(9-7-13)23-10-19-21-22-23/h3-12H,1-2H3,(H,20,24)/t11-,12-/m1/s1. The topological polar surface area (TPSA) is 81.9 Å². The molecule has 2 heterocycles. The molecule has 0 saturated carbocycles. The molecule has 3 aromatic rings. The van der Waals surface area contributed by atoms with E-state index < -0.39 is 0 Å². The van der Waals surface area contributed by atoms with Crippen LogP contribution in [0.3, 0.4) is 0 Å². The summed E-state index contributed by atoms with van der Waals surface area (Å²) in [6.07, 6.45) is 1.58. The van der Waals surface area contributed by atoms with Gasteiger partial charge in [-0.05, 0) is 47.7 Å². The molecule has 0 unspecified atom stereocenters. The van der Waals surface area contributed by atoms with Gasteiger partial charge in [0.05, 0.1) is 11.3 Å². The number of anilines is 1. The van der Waals surface area contributed by atoms with Crippen molar-refractivity contribution in [2.24, 2.45) is 0 Å². The monoisotopic (exact) mass is 335 g/mol. The van der Waals surface area contributed by atoms with Crippen LogP contribution in [0.4, 0.5) is 5.69 Å². The van der Waals surface area contributed by atoms with Crippen molar-refractivity contribution in [2.75, 3.05) is 5.32 Å². The van der Waals surface area contributed by atoms with Gasteiger partial charge in [-0.25, -0.2) is 4.68 Å². The van der Waals surface area contributed by atoms with E-state index in [9.17, 15) is 4.79 Å². The molecule has 0 aliphatic carbocycles. The number of para-hydroxylation sites is 1. The molecule has 0 spiro atoms. The average molecular weight is 335 g/mol. The average Bonchev–Trinajstić information content (AvgIpc) is 3.25. The van der Waals surface area contributed by atoms with Crippen LogP contribution in [0, 0.1) is 0 Å². The van der Waals surface area contributed by atoms with Crippen LogP contribution >= 0.6 is 0 Å². The predicted octanol–water partition coefficient (Wildman–Crippen LogP) is 2.80. The third kappa shape index (κ3) is 2.73. The van der Waals surface area contributed by atoms with Crippen LogP contribution in [-0.4, -0.2) is 32.2 Å². The quantitative estimate of drug-likeness (QED) is 0.796. The molecule has 1 N–H and O–H groups in total. The summed E-state index contributed by atoms with van der Waals surface area (Å²) in [5.41, 5.74) is 3.14. The summed E-state index contributed by atoms with van der Waals surface area (Å²) in [5, 5.41) is 13.9. The first-order valence-corrected chi connectivity index (χ1v) is 8.08. The molecule has 2 atom stereocenters. The number of ether oxygens (including phenoxy) is 1. The Morgan fingerprint density at radius 2 is 1.96 bits per heavy atom. The summed E-state index contributed by atoms with van der Waals surface area (Å²) >= 11 is 0. The zero-order valence-electron chi connectivity index (χ0n) is 13.9. The normalized spacial score (nSPS) is 18.5. The van der Waals surface area contributed by atoms with Crippen LogP contribution in [0.2, 0.25) is 0 Å². The Hall–Kier alpha value is -3.22. The Morgan fingerprint density at radius 1 is 1.16 bits per heavy atom. The van der Waals surface area contributed by atoms with E-state index in [-0.39, 0.29) is 17.9 Å². The first kappa shape index (κ1) is 15.3. The molecule has 7 heteroatoms. The summed E-state index contributed by atoms with van der Waals surface area (Å²) in [7, 11) is 0. The van der Waals surface area contributed by atoms with Gasteiger partial charge in [-0.1, -0.05) is 19.1 Å². The highest BCUT2D eigenvalue weighted by Crippen LogP contribution is 2.40. The molecule has 1 aliphatic heterocycles. The second-order valence-corrected chi connectivity index (χ2v) is 6.09. The van der Waals surface area contributed by atoms with Crippen molar-refractivity contribution >= 4 is 11.6 Å². The smallest absolute Gasteiger partial charge is 0.259 e. The van der Waals surface area contributed by atoms with Gasteiger partial charge < -0.3 is 10.1 Å². The third-order valence-electron chi connectivity index (χ3n) is 4.53. The molecule has 1 aliphatic rings. The fourth-order valence-corrected chi connectivity index (χ4v) is 2.94. The van der Waals surface area contributed by atoms with E-state index in [0.29, 0.717) is 17.0 Å².